The number of nitrogens with zero attached hydrogens (tertiary/aromatic N) is 2. The van der Waals surface area contributed by atoms with Crippen LogP contribution in [0, 0.1) is 0 Å². The molecule has 1 aromatic rings. The highest BCUT2D eigenvalue weighted by Gasteiger charge is 2.30. The van der Waals surface area contributed by atoms with E-state index in [-0.39, 0.29) is 6.04 Å². The number of benzene rings is 1. The lowest BCUT2D eigenvalue weighted by Gasteiger charge is -2.37. The maximum absolute atomic E-state index is 11.5. The van der Waals surface area contributed by atoms with Crippen molar-refractivity contribution in [2.45, 2.75) is 12.6 Å². The number of carboxylic acid groups (broad SMARTS) is 1. The van der Waals surface area contributed by atoms with E-state index in [9.17, 15) is 9.90 Å². The van der Waals surface area contributed by atoms with E-state index in [0.29, 0.717) is 19.6 Å². The number of anilines is 1. The molecule has 1 saturated heterocycles. The number of hydrogen-bond acceptors (Lipinski definition) is 4. The molecule has 1 aromatic carbocycles. The van der Waals surface area contributed by atoms with Crippen molar-refractivity contribution < 1.29 is 14.6 Å². The van der Waals surface area contributed by atoms with Crippen LogP contribution in [0.4, 0.5) is 10.5 Å². The molecule has 1 amide bonds. The van der Waals surface area contributed by atoms with Crippen LogP contribution < -0.4 is 15.0 Å². The van der Waals surface area contributed by atoms with Gasteiger partial charge in [-0.2, -0.15) is 0 Å². The van der Waals surface area contributed by atoms with Gasteiger partial charge in [0, 0.05) is 38.4 Å². The summed E-state index contributed by atoms with van der Waals surface area (Å²) in [6.07, 6.45) is -0.896. The minimum absolute atomic E-state index is 0.0347. The fraction of sp³-hybridized carbons (Fsp3) is 0.500. The van der Waals surface area contributed by atoms with Gasteiger partial charge < -0.3 is 20.1 Å². The van der Waals surface area contributed by atoms with Crippen LogP contribution in [-0.2, 0) is 6.54 Å². The quantitative estimate of drug-likeness (QED) is 0.848. The third-order valence-electron chi connectivity index (χ3n) is 3.58. The van der Waals surface area contributed by atoms with E-state index in [1.165, 1.54) is 4.90 Å². The van der Waals surface area contributed by atoms with Gasteiger partial charge in [-0.25, -0.2) is 4.79 Å². The fourth-order valence-electron chi connectivity index (χ4n) is 2.34. The summed E-state index contributed by atoms with van der Waals surface area (Å²) in [5.41, 5.74) is 1.87. The van der Waals surface area contributed by atoms with Crippen LogP contribution in [0.25, 0.3) is 0 Å². The maximum Gasteiger partial charge on any atom is 0.407 e. The first-order chi connectivity index (χ1) is 9.54. The molecule has 1 fully saturated rings. The molecule has 1 aliphatic rings. The Morgan fingerprint density at radius 3 is 2.60 bits per heavy atom. The van der Waals surface area contributed by atoms with Gasteiger partial charge in [0.15, 0.2) is 0 Å². The molecule has 0 aliphatic carbocycles. The topological polar surface area (TPSA) is 65.0 Å². The summed E-state index contributed by atoms with van der Waals surface area (Å²) >= 11 is 0. The summed E-state index contributed by atoms with van der Waals surface area (Å²) in [4.78, 5) is 14.9. The Labute approximate surface area is 118 Å². The van der Waals surface area contributed by atoms with Crippen LogP contribution in [0.1, 0.15) is 5.56 Å². The van der Waals surface area contributed by atoms with E-state index in [4.69, 9.17) is 4.74 Å². The maximum atomic E-state index is 11.5. The second-order valence-electron chi connectivity index (χ2n) is 5.07. The van der Waals surface area contributed by atoms with E-state index in [0.717, 1.165) is 17.0 Å². The normalized spacial score (nSPS) is 14.6. The Kier molecular flexibility index (Phi) is 4.34. The lowest BCUT2D eigenvalue weighted by molar-refractivity contribution is 0.101. The molecular formula is C14H21N3O3. The molecule has 0 saturated carbocycles. The summed E-state index contributed by atoms with van der Waals surface area (Å²) < 4.78 is 5.39. The molecular weight excluding hydrogens is 258 g/mol. The van der Waals surface area contributed by atoms with E-state index in [1.807, 2.05) is 37.2 Å². The SMILES string of the molecule is COc1cccc(N(C)C)c1CN(C(=O)O)C1CNC1. The monoisotopic (exact) mass is 279 g/mol. The number of nitrogens with one attached hydrogen (secondary N) is 1. The molecule has 0 radical (unpaired) electrons. The Balaban J connectivity index is 2.32. The zero-order valence-electron chi connectivity index (χ0n) is 12.1. The molecule has 2 N–H and O–H groups in total. The molecule has 20 heavy (non-hydrogen) atoms. The highest BCUT2D eigenvalue weighted by molar-refractivity contribution is 5.67. The second kappa shape index (κ2) is 6.00. The van der Waals surface area contributed by atoms with Crippen molar-refractivity contribution in [2.75, 3.05) is 39.2 Å². The first-order valence-electron chi connectivity index (χ1n) is 6.58. The second-order valence-corrected chi connectivity index (χ2v) is 5.07. The standard InChI is InChI=1S/C14H21N3O3/c1-16(2)12-5-4-6-13(20-3)11(12)9-17(14(18)19)10-7-15-8-10/h4-6,10,15H,7-9H2,1-3H3,(H,18,19). The molecule has 1 aliphatic heterocycles. The molecule has 2 rings (SSSR count). The molecule has 0 aromatic heterocycles. The van der Waals surface area contributed by atoms with Crippen LogP contribution in [0.5, 0.6) is 5.75 Å². The summed E-state index contributed by atoms with van der Waals surface area (Å²) in [6, 6.07) is 5.78. The smallest absolute Gasteiger partial charge is 0.407 e. The van der Waals surface area contributed by atoms with Gasteiger partial charge in [-0.3, -0.25) is 4.90 Å². The zero-order valence-corrected chi connectivity index (χ0v) is 12.1. The minimum Gasteiger partial charge on any atom is -0.496 e. The number of hydrogen-bond donors (Lipinski definition) is 2. The fourth-order valence-corrected chi connectivity index (χ4v) is 2.34. The third kappa shape index (κ3) is 2.80. The van der Waals surface area contributed by atoms with Gasteiger partial charge in [0.05, 0.1) is 19.7 Å². The summed E-state index contributed by atoms with van der Waals surface area (Å²) in [5.74, 6) is 0.717. The first-order valence-corrected chi connectivity index (χ1v) is 6.58. The van der Waals surface area contributed by atoms with Crippen LogP contribution in [0.3, 0.4) is 0 Å². The average molecular weight is 279 g/mol. The Morgan fingerprint density at radius 2 is 2.15 bits per heavy atom. The van der Waals surface area contributed by atoms with Crippen molar-refractivity contribution in [3.8, 4) is 5.75 Å². The largest absolute Gasteiger partial charge is 0.496 e. The summed E-state index contributed by atoms with van der Waals surface area (Å²) in [5, 5.41) is 12.5. The number of amides is 1. The van der Waals surface area contributed by atoms with E-state index in [1.54, 1.807) is 7.11 Å². The minimum atomic E-state index is -0.896. The van der Waals surface area contributed by atoms with Crippen molar-refractivity contribution in [2.24, 2.45) is 0 Å². The molecule has 0 bridgehead atoms. The number of ether oxygens (including phenoxy) is 1. The first kappa shape index (κ1) is 14.5. The van der Waals surface area contributed by atoms with E-state index in [2.05, 4.69) is 5.32 Å². The predicted molar refractivity (Wildman–Crippen MR) is 77.5 cm³/mol. The Morgan fingerprint density at radius 1 is 1.45 bits per heavy atom. The van der Waals surface area contributed by atoms with Gasteiger partial charge in [-0.15, -0.1) is 0 Å². The van der Waals surface area contributed by atoms with Crippen LogP contribution in [-0.4, -0.2) is 56.4 Å². The highest BCUT2D eigenvalue weighted by atomic mass is 16.5. The van der Waals surface area contributed by atoms with Crippen molar-refractivity contribution in [3.05, 3.63) is 23.8 Å². The van der Waals surface area contributed by atoms with Crippen LogP contribution in [0.15, 0.2) is 18.2 Å². The molecule has 1 heterocycles. The van der Waals surface area contributed by atoms with Crippen molar-refractivity contribution in [1.29, 1.82) is 0 Å². The van der Waals surface area contributed by atoms with Crippen molar-refractivity contribution >= 4 is 11.8 Å². The van der Waals surface area contributed by atoms with Crippen LogP contribution in [0.2, 0.25) is 0 Å². The van der Waals surface area contributed by atoms with Gasteiger partial charge >= 0.3 is 6.09 Å². The highest BCUT2D eigenvalue weighted by Crippen LogP contribution is 2.30. The number of methoxy groups -OCH3 is 1. The van der Waals surface area contributed by atoms with Crippen LogP contribution >= 0.6 is 0 Å². The Bertz CT molecular complexity index is 487. The lowest BCUT2D eigenvalue weighted by Crippen LogP contribution is -2.58. The Hall–Kier alpha value is -1.95. The van der Waals surface area contributed by atoms with Gasteiger partial charge in [0.1, 0.15) is 5.75 Å². The van der Waals surface area contributed by atoms with Gasteiger partial charge in [0.25, 0.3) is 0 Å². The molecule has 0 unspecified atom stereocenters. The number of rotatable bonds is 5. The third-order valence-corrected chi connectivity index (χ3v) is 3.58. The molecule has 6 nitrogen and oxygen atoms in total. The van der Waals surface area contributed by atoms with Crippen molar-refractivity contribution in [1.82, 2.24) is 10.2 Å². The van der Waals surface area contributed by atoms with E-state index >= 15 is 0 Å². The molecule has 6 heteroatoms. The molecule has 0 atom stereocenters. The summed E-state index contributed by atoms with van der Waals surface area (Å²) in [7, 11) is 5.48. The summed E-state index contributed by atoms with van der Waals surface area (Å²) in [6.45, 7) is 1.75. The molecule has 0 spiro atoms. The van der Waals surface area contributed by atoms with Gasteiger partial charge in [0.2, 0.25) is 0 Å². The van der Waals surface area contributed by atoms with Gasteiger partial charge in [-0.05, 0) is 12.1 Å². The van der Waals surface area contributed by atoms with Gasteiger partial charge in [-0.1, -0.05) is 6.07 Å². The average Bonchev–Trinajstić information content (AvgIpc) is 2.35. The number of carbonyl (C=O) groups is 1. The predicted octanol–water partition coefficient (Wildman–Crippen LogP) is 1.21. The van der Waals surface area contributed by atoms with E-state index < -0.39 is 6.09 Å². The zero-order chi connectivity index (χ0) is 14.7. The van der Waals surface area contributed by atoms with Crippen molar-refractivity contribution in [3.63, 3.8) is 0 Å². The molecule has 110 valence electrons. The lowest BCUT2D eigenvalue weighted by atomic mass is 10.1.